The van der Waals surface area contributed by atoms with Crippen molar-refractivity contribution in [3.05, 3.63) is 36.5 Å². The Balaban J connectivity index is 1.84. The number of hydrogen-bond donors (Lipinski definition) is 6. The standard InChI is InChI=1S/C78H147NO10/c1-3-5-7-9-11-13-14-15-39-43-46-50-54-58-62-66-74(83)87-67-63-59-55-51-47-44-41-38-36-34-32-30-28-26-24-22-20-18-16-17-19-21-23-25-27-29-31-33-35-37-40-42-45-49-53-57-61-65-73(82)79-70(71(81)64-60-56-52-48-12-10-8-6-4-2)69-88-78-77(86)76(85)75(84)72(68-80)89-78/h11,13,15,39,60,64,70-72,75-78,80-81,84-86H,3-10,12,14,16-38,40-59,61-63,65-69H2,1-2H3,(H,79,82)/b13-11-,39-15-,64-60+. The lowest BCUT2D eigenvalue weighted by Gasteiger charge is -2.40. The minimum Gasteiger partial charge on any atom is -0.466 e. The smallest absolute Gasteiger partial charge is 0.305 e. The average molecular weight is 1260 g/mol. The molecular weight excluding hydrogens is 1110 g/mol. The lowest BCUT2D eigenvalue weighted by molar-refractivity contribution is -0.302. The predicted octanol–water partition coefficient (Wildman–Crippen LogP) is 20.5. The molecule has 7 atom stereocenters. The van der Waals surface area contributed by atoms with Crippen molar-refractivity contribution in [2.45, 2.75) is 429 Å². The Morgan fingerprint density at radius 3 is 1.16 bits per heavy atom. The van der Waals surface area contributed by atoms with Crippen molar-refractivity contribution < 1.29 is 49.3 Å². The zero-order chi connectivity index (χ0) is 64.4. The highest BCUT2D eigenvalue weighted by molar-refractivity contribution is 5.76. The topological polar surface area (TPSA) is 175 Å². The van der Waals surface area contributed by atoms with E-state index in [0.29, 0.717) is 19.4 Å². The number of amides is 1. The molecule has 1 amide bonds. The first-order chi connectivity index (χ1) is 43.7. The van der Waals surface area contributed by atoms with Gasteiger partial charge in [-0.1, -0.05) is 346 Å². The molecule has 0 aliphatic carbocycles. The first kappa shape index (κ1) is 84.9. The van der Waals surface area contributed by atoms with Gasteiger partial charge < -0.3 is 45.1 Å². The van der Waals surface area contributed by atoms with Crippen LogP contribution in [0.2, 0.25) is 0 Å². The number of hydrogen-bond acceptors (Lipinski definition) is 10. The van der Waals surface area contributed by atoms with Crippen molar-refractivity contribution in [3.8, 4) is 0 Å². The van der Waals surface area contributed by atoms with Crippen LogP contribution in [0.5, 0.6) is 0 Å². The molecule has 1 heterocycles. The molecule has 0 aromatic carbocycles. The fourth-order valence-electron chi connectivity index (χ4n) is 12.4. The second kappa shape index (κ2) is 67.3. The van der Waals surface area contributed by atoms with Gasteiger partial charge in [0, 0.05) is 12.8 Å². The summed E-state index contributed by atoms with van der Waals surface area (Å²) in [4.78, 5) is 25.1. The second-order valence-corrected chi connectivity index (χ2v) is 27.1. The molecule has 0 radical (unpaired) electrons. The quantitative estimate of drug-likeness (QED) is 0.0195. The number of nitrogens with one attached hydrogen (secondary N) is 1. The lowest BCUT2D eigenvalue weighted by atomic mass is 9.99. The summed E-state index contributed by atoms with van der Waals surface area (Å²) in [6.07, 6.45) is 77.6. The zero-order valence-corrected chi connectivity index (χ0v) is 58.4. The number of allylic oxidation sites excluding steroid dienone is 5. The van der Waals surface area contributed by atoms with E-state index >= 15 is 0 Å². The summed E-state index contributed by atoms with van der Waals surface area (Å²) in [6, 6.07) is -0.804. The van der Waals surface area contributed by atoms with Crippen LogP contribution in [0.1, 0.15) is 386 Å². The van der Waals surface area contributed by atoms with Crippen LogP contribution in [-0.4, -0.2) is 100 Å². The minimum atomic E-state index is -1.57. The van der Waals surface area contributed by atoms with Crippen LogP contribution in [0.3, 0.4) is 0 Å². The van der Waals surface area contributed by atoms with Crippen LogP contribution >= 0.6 is 0 Å². The van der Waals surface area contributed by atoms with Gasteiger partial charge in [0.25, 0.3) is 0 Å². The van der Waals surface area contributed by atoms with Crippen LogP contribution in [-0.2, 0) is 23.8 Å². The van der Waals surface area contributed by atoms with E-state index < -0.39 is 49.5 Å². The summed E-state index contributed by atoms with van der Waals surface area (Å²) in [5, 5.41) is 54.3. The molecule has 1 aliphatic rings. The normalized spacial score (nSPS) is 17.9. The number of ether oxygens (including phenoxy) is 3. The molecule has 0 saturated carbocycles. The third kappa shape index (κ3) is 56.0. The molecule has 524 valence electrons. The Kier molecular flexibility index (Phi) is 64.2. The number of carbonyl (C=O) groups is 2. The van der Waals surface area contributed by atoms with E-state index in [1.165, 1.54) is 295 Å². The highest BCUT2D eigenvalue weighted by Gasteiger charge is 2.44. The maximum absolute atomic E-state index is 13.0. The third-order valence-electron chi connectivity index (χ3n) is 18.5. The number of esters is 1. The van der Waals surface area contributed by atoms with Gasteiger partial charge in [0.05, 0.1) is 32.0 Å². The lowest BCUT2D eigenvalue weighted by Crippen LogP contribution is -2.60. The maximum atomic E-state index is 13.0. The highest BCUT2D eigenvalue weighted by Crippen LogP contribution is 2.24. The molecule has 1 saturated heterocycles. The Bertz CT molecular complexity index is 1570. The van der Waals surface area contributed by atoms with Crippen LogP contribution in [0.15, 0.2) is 36.5 Å². The van der Waals surface area contributed by atoms with E-state index in [0.717, 1.165) is 64.2 Å². The molecule has 1 rings (SSSR count). The largest absolute Gasteiger partial charge is 0.466 e. The minimum absolute atomic E-state index is 0.00351. The van der Waals surface area contributed by atoms with Gasteiger partial charge in [0.1, 0.15) is 24.4 Å². The molecule has 0 bridgehead atoms. The third-order valence-corrected chi connectivity index (χ3v) is 18.5. The SMILES string of the molecule is CCCCC/C=C\C/C=C\CCCCCCCC(=O)OCCCCCCCCCCCCCCCCCCCCCCCCCCCCCCCCCCCCCCCC(=O)NC(COC1OC(CO)C(O)C(O)C1O)C(O)/C=C/CCCCCCCCC. The molecule has 0 spiro atoms. The van der Waals surface area contributed by atoms with Crippen molar-refractivity contribution >= 4 is 11.9 Å². The van der Waals surface area contributed by atoms with Gasteiger partial charge in [-0.05, 0) is 64.2 Å². The van der Waals surface area contributed by atoms with E-state index in [4.69, 9.17) is 14.2 Å². The van der Waals surface area contributed by atoms with E-state index in [1.54, 1.807) is 6.08 Å². The van der Waals surface area contributed by atoms with Crippen molar-refractivity contribution in [2.75, 3.05) is 19.8 Å². The van der Waals surface area contributed by atoms with Crippen LogP contribution in [0.25, 0.3) is 0 Å². The Labute approximate surface area is 549 Å². The van der Waals surface area contributed by atoms with Crippen LogP contribution < -0.4 is 5.32 Å². The Morgan fingerprint density at radius 1 is 0.416 bits per heavy atom. The first-order valence-electron chi connectivity index (χ1n) is 38.8. The van der Waals surface area contributed by atoms with Crippen molar-refractivity contribution in [3.63, 3.8) is 0 Å². The molecule has 0 aromatic heterocycles. The molecule has 0 aromatic rings. The first-order valence-corrected chi connectivity index (χ1v) is 38.8. The highest BCUT2D eigenvalue weighted by atomic mass is 16.7. The predicted molar refractivity (Wildman–Crippen MR) is 375 cm³/mol. The van der Waals surface area contributed by atoms with Gasteiger partial charge in [0.15, 0.2) is 6.29 Å². The summed E-state index contributed by atoms with van der Waals surface area (Å²) in [5.41, 5.74) is 0. The molecule has 1 aliphatic heterocycles. The van der Waals surface area contributed by atoms with Gasteiger partial charge in [0.2, 0.25) is 5.91 Å². The summed E-state index contributed by atoms with van der Waals surface area (Å²) >= 11 is 0. The summed E-state index contributed by atoms with van der Waals surface area (Å²) in [6.45, 7) is 4.33. The number of aliphatic hydroxyl groups is 5. The summed E-state index contributed by atoms with van der Waals surface area (Å²) in [5.74, 6) is -0.173. The molecular formula is C78H147NO10. The van der Waals surface area contributed by atoms with E-state index in [1.807, 2.05) is 6.08 Å². The molecule has 1 fully saturated rings. The van der Waals surface area contributed by atoms with Crippen molar-refractivity contribution in [2.24, 2.45) is 0 Å². The number of carbonyl (C=O) groups excluding carboxylic acids is 2. The molecule has 11 nitrogen and oxygen atoms in total. The zero-order valence-electron chi connectivity index (χ0n) is 58.4. The fourth-order valence-corrected chi connectivity index (χ4v) is 12.4. The van der Waals surface area contributed by atoms with Crippen LogP contribution in [0, 0.1) is 0 Å². The van der Waals surface area contributed by atoms with E-state index in [9.17, 15) is 35.1 Å². The average Bonchev–Trinajstić information content (AvgIpc) is 1.84. The van der Waals surface area contributed by atoms with Gasteiger partial charge >= 0.3 is 5.97 Å². The Hall–Kier alpha value is -2.12. The fraction of sp³-hybridized carbons (Fsp3) is 0.897. The maximum Gasteiger partial charge on any atom is 0.305 e. The summed E-state index contributed by atoms with van der Waals surface area (Å²) in [7, 11) is 0. The van der Waals surface area contributed by atoms with Gasteiger partial charge in [-0.15, -0.1) is 0 Å². The van der Waals surface area contributed by atoms with Crippen LogP contribution in [0.4, 0.5) is 0 Å². The molecule has 11 heteroatoms. The van der Waals surface area contributed by atoms with Gasteiger partial charge in [-0.25, -0.2) is 0 Å². The molecule has 89 heavy (non-hydrogen) atoms. The van der Waals surface area contributed by atoms with Crippen molar-refractivity contribution in [1.29, 1.82) is 0 Å². The number of aliphatic hydroxyl groups excluding tert-OH is 5. The number of unbranched alkanes of at least 4 members (excludes halogenated alkanes) is 51. The molecule has 7 unspecified atom stereocenters. The van der Waals surface area contributed by atoms with Crippen molar-refractivity contribution in [1.82, 2.24) is 5.32 Å². The van der Waals surface area contributed by atoms with Gasteiger partial charge in [-0.3, -0.25) is 9.59 Å². The van der Waals surface area contributed by atoms with E-state index in [2.05, 4.69) is 43.5 Å². The number of rotatable bonds is 69. The summed E-state index contributed by atoms with van der Waals surface area (Å²) < 4.78 is 16.7. The molecule has 6 N–H and O–H groups in total. The second-order valence-electron chi connectivity index (χ2n) is 27.1. The van der Waals surface area contributed by atoms with E-state index in [-0.39, 0.29) is 18.5 Å². The van der Waals surface area contributed by atoms with Gasteiger partial charge in [-0.2, -0.15) is 0 Å². The Morgan fingerprint density at radius 2 is 0.753 bits per heavy atom. The monoisotopic (exact) mass is 1260 g/mol.